The Morgan fingerprint density at radius 3 is 2.32 bits per heavy atom. The average molecular weight is 345 g/mol. The van der Waals surface area contributed by atoms with E-state index in [0.29, 0.717) is 39.2 Å². The van der Waals surface area contributed by atoms with Crippen LogP contribution in [0.15, 0.2) is 30.3 Å². The summed E-state index contributed by atoms with van der Waals surface area (Å²) in [7, 11) is 0. The predicted molar refractivity (Wildman–Crippen MR) is 91.8 cm³/mol. The molecule has 3 amide bonds. The maximum atomic E-state index is 12.5. The zero-order chi connectivity index (χ0) is 17.8. The van der Waals surface area contributed by atoms with Crippen LogP contribution in [0.4, 0.5) is 10.5 Å². The average Bonchev–Trinajstić information content (AvgIpc) is 3.43. The van der Waals surface area contributed by atoms with E-state index in [1.165, 1.54) is 0 Å². The van der Waals surface area contributed by atoms with Crippen molar-refractivity contribution in [1.29, 1.82) is 0 Å². The number of benzene rings is 1. The number of ether oxygens (including phenoxy) is 1. The maximum Gasteiger partial charge on any atom is 0.409 e. The van der Waals surface area contributed by atoms with Gasteiger partial charge in [0.15, 0.2) is 0 Å². The molecule has 1 saturated heterocycles. The molecule has 2 aliphatic rings. The molecule has 3 rings (SSSR count). The fourth-order valence-corrected chi connectivity index (χ4v) is 3.07. The van der Waals surface area contributed by atoms with E-state index in [0.717, 1.165) is 5.69 Å². The van der Waals surface area contributed by atoms with Crippen molar-refractivity contribution in [3.63, 3.8) is 0 Å². The molecular formula is C18H23N3O4. The van der Waals surface area contributed by atoms with Gasteiger partial charge in [0.1, 0.15) is 0 Å². The van der Waals surface area contributed by atoms with E-state index < -0.39 is 0 Å². The number of nitrogens with zero attached hydrogens (tertiary/aromatic N) is 2. The Morgan fingerprint density at radius 1 is 1.04 bits per heavy atom. The Labute approximate surface area is 146 Å². The third kappa shape index (κ3) is 4.10. The van der Waals surface area contributed by atoms with Crippen LogP contribution in [0.25, 0.3) is 0 Å². The Balaban J connectivity index is 1.46. The van der Waals surface area contributed by atoms with Crippen molar-refractivity contribution in [2.24, 2.45) is 11.8 Å². The van der Waals surface area contributed by atoms with Crippen LogP contribution in [0, 0.1) is 11.8 Å². The molecule has 2 unspecified atom stereocenters. The number of carbonyl (C=O) groups is 3. The minimum absolute atomic E-state index is 0.0109. The van der Waals surface area contributed by atoms with Gasteiger partial charge in [0.2, 0.25) is 11.8 Å². The second-order valence-corrected chi connectivity index (χ2v) is 6.32. The number of hydrogen-bond donors (Lipinski definition) is 1. The van der Waals surface area contributed by atoms with Gasteiger partial charge in [-0.3, -0.25) is 9.59 Å². The highest BCUT2D eigenvalue weighted by Crippen LogP contribution is 2.41. The summed E-state index contributed by atoms with van der Waals surface area (Å²) in [6, 6.07) is 9.24. The Hall–Kier alpha value is -2.57. The molecule has 25 heavy (non-hydrogen) atoms. The topological polar surface area (TPSA) is 79.0 Å². The summed E-state index contributed by atoms with van der Waals surface area (Å²) in [5.74, 6) is -0.583. The van der Waals surface area contributed by atoms with Gasteiger partial charge in [0.05, 0.1) is 18.4 Å². The first-order valence-electron chi connectivity index (χ1n) is 8.66. The number of amides is 3. The van der Waals surface area contributed by atoms with Gasteiger partial charge in [0.25, 0.3) is 0 Å². The molecule has 2 fully saturated rings. The number of nitrogens with one attached hydrogen (secondary N) is 1. The van der Waals surface area contributed by atoms with E-state index in [-0.39, 0.29) is 29.7 Å². The van der Waals surface area contributed by atoms with Crippen LogP contribution >= 0.6 is 0 Å². The van der Waals surface area contributed by atoms with Crippen LogP contribution in [0.2, 0.25) is 0 Å². The van der Waals surface area contributed by atoms with Gasteiger partial charge in [-0.25, -0.2) is 4.79 Å². The fourth-order valence-electron chi connectivity index (χ4n) is 3.07. The molecule has 2 atom stereocenters. The number of para-hydroxylation sites is 1. The lowest BCUT2D eigenvalue weighted by Crippen LogP contribution is -2.51. The molecule has 1 saturated carbocycles. The Kier molecular flexibility index (Phi) is 5.21. The first kappa shape index (κ1) is 17.3. The summed E-state index contributed by atoms with van der Waals surface area (Å²) in [6.07, 6.45) is 0.261. The summed E-state index contributed by atoms with van der Waals surface area (Å²) in [4.78, 5) is 39.8. The van der Waals surface area contributed by atoms with Crippen molar-refractivity contribution >= 4 is 23.6 Å². The highest BCUT2D eigenvalue weighted by Gasteiger charge is 2.49. The minimum atomic E-state index is -0.332. The molecule has 0 bridgehead atoms. The van der Waals surface area contributed by atoms with Crippen LogP contribution in [-0.4, -0.2) is 60.5 Å². The molecule has 1 aromatic carbocycles. The second-order valence-electron chi connectivity index (χ2n) is 6.32. The summed E-state index contributed by atoms with van der Waals surface area (Å²) in [5, 5.41) is 2.85. The van der Waals surface area contributed by atoms with Crippen molar-refractivity contribution in [3.8, 4) is 0 Å². The largest absolute Gasteiger partial charge is 0.450 e. The van der Waals surface area contributed by atoms with Crippen LogP contribution < -0.4 is 5.32 Å². The van der Waals surface area contributed by atoms with Gasteiger partial charge >= 0.3 is 6.09 Å². The predicted octanol–water partition coefficient (Wildman–Crippen LogP) is 1.56. The molecule has 1 N–H and O–H groups in total. The third-order valence-electron chi connectivity index (χ3n) is 4.60. The number of anilines is 1. The number of rotatable bonds is 4. The van der Waals surface area contributed by atoms with Crippen molar-refractivity contribution in [2.45, 2.75) is 13.3 Å². The summed E-state index contributed by atoms with van der Waals surface area (Å²) in [5.41, 5.74) is 0.744. The van der Waals surface area contributed by atoms with Crippen molar-refractivity contribution in [2.75, 3.05) is 38.1 Å². The first-order chi connectivity index (χ1) is 12.1. The Bertz CT molecular complexity index is 641. The van der Waals surface area contributed by atoms with Crippen molar-refractivity contribution < 1.29 is 19.1 Å². The summed E-state index contributed by atoms with van der Waals surface area (Å²) in [6.45, 7) is 4.03. The first-order valence-corrected chi connectivity index (χ1v) is 8.66. The minimum Gasteiger partial charge on any atom is -0.450 e. The van der Waals surface area contributed by atoms with Gasteiger partial charge in [0, 0.05) is 31.9 Å². The van der Waals surface area contributed by atoms with Crippen molar-refractivity contribution in [1.82, 2.24) is 9.80 Å². The van der Waals surface area contributed by atoms with Crippen LogP contribution in [0.1, 0.15) is 13.3 Å². The van der Waals surface area contributed by atoms with Gasteiger partial charge in [-0.1, -0.05) is 18.2 Å². The smallest absolute Gasteiger partial charge is 0.409 e. The molecule has 0 radical (unpaired) electrons. The lowest BCUT2D eigenvalue weighted by Gasteiger charge is -2.34. The van der Waals surface area contributed by atoms with E-state index in [2.05, 4.69) is 5.32 Å². The number of carbonyl (C=O) groups excluding carboxylic acids is 3. The molecule has 7 heteroatoms. The molecule has 1 heterocycles. The van der Waals surface area contributed by atoms with Crippen LogP contribution in [0.5, 0.6) is 0 Å². The normalized spacial score (nSPS) is 22.3. The lowest BCUT2D eigenvalue weighted by molar-refractivity contribution is -0.135. The molecular weight excluding hydrogens is 322 g/mol. The third-order valence-corrected chi connectivity index (χ3v) is 4.60. The van der Waals surface area contributed by atoms with Crippen LogP contribution in [-0.2, 0) is 14.3 Å². The SMILES string of the molecule is CCOC(=O)N1CCN(C(=O)C2CC2C(=O)Nc2ccccc2)CC1. The van der Waals surface area contributed by atoms with E-state index in [9.17, 15) is 14.4 Å². The standard InChI is InChI=1S/C18H23N3O4/c1-2-25-18(24)21-10-8-20(9-11-21)17(23)15-12-14(15)16(22)19-13-6-4-3-5-7-13/h3-7,14-15H,2,8-12H2,1H3,(H,19,22). The zero-order valence-electron chi connectivity index (χ0n) is 14.3. The zero-order valence-corrected chi connectivity index (χ0v) is 14.3. The molecule has 0 aromatic heterocycles. The summed E-state index contributed by atoms with van der Waals surface area (Å²) >= 11 is 0. The van der Waals surface area contributed by atoms with Gasteiger partial charge in [-0.15, -0.1) is 0 Å². The summed E-state index contributed by atoms with van der Waals surface area (Å²) < 4.78 is 4.97. The number of piperazine rings is 1. The van der Waals surface area contributed by atoms with Gasteiger partial charge < -0.3 is 19.9 Å². The maximum absolute atomic E-state index is 12.5. The molecule has 7 nitrogen and oxygen atoms in total. The second kappa shape index (κ2) is 7.55. The highest BCUT2D eigenvalue weighted by atomic mass is 16.6. The Morgan fingerprint density at radius 2 is 1.68 bits per heavy atom. The monoisotopic (exact) mass is 345 g/mol. The van der Waals surface area contributed by atoms with E-state index in [4.69, 9.17) is 4.74 Å². The molecule has 1 aliphatic carbocycles. The van der Waals surface area contributed by atoms with Gasteiger partial charge in [-0.05, 0) is 25.5 Å². The quantitative estimate of drug-likeness (QED) is 0.898. The van der Waals surface area contributed by atoms with E-state index >= 15 is 0 Å². The van der Waals surface area contributed by atoms with E-state index in [1.54, 1.807) is 16.7 Å². The van der Waals surface area contributed by atoms with Crippen LogP contribution in [0.3, 0.4) is 0 Å². The lowest BCUT2D eigenvalue weighted by atomic mass is 10.2. The molecule has 1 aromatic rings. The number of hydrogen-bond acceptors (Lipinski definition) is 4. The van der Waals surface area contributed by atoms with E-state index in [1.807, 2.05) is 30.3 Å². The van der Waals surface area contributed by atoms with Crippen molar-refractivity contribution in [3.05, 3.63) is 30.3 Å². The highest BCUT2D eigenvalue weighted by molar-refractivity contribution is 5.99. The van der Waals surface area contributed by atoms with Gasteiger partial charge in [-0.2, -0.15) is 0 Å². The molecule has 134 valence electrons. The fraction of sp³-hybridized carbons (Fsp3) is 0.500. The molecule has 1 aliphatic heterocycles. The molecule has 0 spiro atoms.